The highest BCUT2D eigenvalue weighted by Gasteiger charge is 2.14. The van der Waals surface area contributed by atoms with Crippen LogP contribution in [0, 0.1) is 0 Å². The highest BCUT2D eigenvalue weighted by atomic mass is 16.7. The van der Waals surface area contributed by atoms with Crippen LogP contribution in [-0.2, 0) is 0 Å². The van der Waals surface area contributed by atoms with E-state index in [0.29, 0.717) is 13.3 Å². The maximum atomic E-state index is 5.36. The zero-order chi connectivity index (χ0) is 9.10. The average molecular weight is 177 g/mol. The second kappa shape index (κ2) is 3.49. The summed E-state index contributed by atoms with van der Waals surface area (Å²) in [6.07, 6.45) is 3.82. The van der Waals surface area contributed by atoms with Crippen LogP contribution in [0.15, 0.2) is 24.3 Å². The van der Waals surface area contributed by atoms with Gasteiger partial charge in [-0.2, -0.15) is 0 Å². The van der Waals surface area contributed by atoms with Crippen LogP contribution >= 0.6 is 0 Å². The summed E-state index contributed by atoms with van der Waals surface area (Å²) in [7, 11) is 0. The number of nitrogens with two attached hydrogens (primary N) is 1. The normalized spacial score (nSPS) is 13.9. The molecule has 0 aliphatic carbocycles. The van der Waals surface area contributed by atoms with Gasteiger partial charge in [0.1, 0.15) is 0 Å². The molecule has 0 spiro atoms. The Balaban J connectivity index is 2.36. The Kier molecular flexibility index (Phi) is 2.19. The maximum Gasteiger partial charge on any atom is 0.231 e. The Morgan fingerprint density at radius 2 is 2.31 bits per heavy atom. The first-order valence-electron chi connectivity index (χ1n) is 4.17. The first-order chi connectivity index (χ1) is 6.42. The largest absolute Gasteiger partial charge is 0.454 e. The van der Waals surface area contributed by atoms with Gasteiger partial charge in [-0.05, 0) is 6.07 Å². The highest BCUT2D eigenvalue weighted by Crippen LogP contribution is 2.35. The number of hydrogen-bond donors (Lipinski definition) is 1. The molecule has 2 rings (SSSR count). The zero-order valence-electron chi connectivity index (χ0n) is 7.19. The predicted molar refractivity (Wildman–Crippen MR) is 50.7 cm³/mol. The lowest BCUT2D eigenvalue weighted by molar-refractivity contribution is 0.174. The molecule has 3 nitrogen and oxygen atoms in total. The lowest BCUT2D eigenvalue weighted by Gasteiger charge is -1.99. The highest BCUT2D eigenvalue weighted by molar-refractivity contribution is 5.63. The summed E-state index contributed by atoms with van der Waals surface area (Å²) < 4.78 is 10.5. The van der Waals surface area contributed by atoms with E-state index >= 15 is 0 Å². The minimum atomic E-state index is 0.308. The summed E-state index contributed by atoms with van der Waals surface area (Å²) in [5.74, 6) is 1.62. The van der Waals surface area contributed by atoms with Crippen LogP contribution in [0.4, 0.5) is 0 Å². The molecule has 1 aliphatic rings. The third-order valence-electron chi connectivity index (χ3n) is 1.86. The number of hydrogen-bond acceptors (Lipinski definition) is 3. The summed E-state index contributed by atoms with van der Waals surface area (Å²) in [5.41, 5.74) is 6.38. The number of ether oxygens (including phenoxy) is 2. The molecule has 1 aliphatic heterocycles. The third-order valence-corrected chi connectivity index (χ3v) is 1.86. The van der Waals surface area contributed by atoms with E-state index in [4.69, 9.17) is 15.2 Å². The van der Waals surface area contributed by atoms with Crippen molar-refractivity contribution in [2.45, 2.75) is 0 Å². The molecule has 0 bridgehead atoms. The summed E-state index contributed by atoms with van der Waals surface area (Å²) >= 11 is 0. The van der Waals surface area contributed by atoms with Crippen molar-refractivity contribution < 1.29 is 9.47 Å². The molecule has 0 amide bonds. The molecular formula is C10H11NO2. The molecule has 0 radical (unpaired) electrons. The summed E-state index contributed by atoms with van der Waals surface area (Å²) in [6, 6.07) is 5.80. The molecule has 1 aromatic rings. The van der Waals surface area contributed by atoms with E-state index in [0.717, 1.165) is 17.1 Å². The Labute approximate surface area is 76.8 Å². The molecule has 0 atom stereocenters. The van der Waals surface area contributed by atoms with E-state index in [9.17, 15) is 0 Å². The monoisotopic (exact) mass is 177 g/mol. The predicted octanol–water partition coefficient (Wildman–Crippen LogP) is 1.39. The lowest BCUT2D eigenvalue weighted by atomic mass is 10.2. The van der Waals surface area contributed by atoms with Crippen molar-refractivity contribution in [3.8, 4) is 11.5 Å². The van der Waals surface area contributed by atoms with E-state index in [1.165, 1.54) is 0 Å². The lowest BCUT2D eigenvalue weighted by Crippen LogP contribution is -1.94. The molecule has 1 heterocycles. The standard InChI is InChI=1S/C10H11NO2/c11-6-2-4-8-3-1-5-9-10(8)13-7-12-9/h1-5H,6-7,11H2. The number of fused-ring (bicyclic) bond motifs is 1. The SMILES string of the molecule is NCC=Cc1cccc2c1OCO2. The Morgan fingerprint density at radius 1 is 1.38 bits per heavy atom. The fourth-order valence-electron chi connectivity index (χ4n) is 1.28. The molecule has 0 aromatic heterocycles. The van der Waals surface area contributed by atoms with E-state index in [-0.39, 0.29) is 0 Å². The second-order valence-electron chi connectivity index (χ2n) is 2.72. The molecule has 0 unspecified atom stereocenters. The van der Waals surface area contributed by atoms with Gasteiger partial charge in [-0.25, -0.2) is 0 Å². The fourth-order valence-corrected chi connectivity index (χ4v) is 1.28. The van der Waals surface area contributed by atoms with E-state index in [2.05, 4.69) is 0 Å². The van der Waals surface area contributed by atoms with Gasteiger partial charge in [-0.3, -0.25) is 0 Å². The van der Waals surface area contributed by atoms with E-state index in [1.54, 1.807) is 0 Å². The Hall–Kier alpha value is -1.48. The van der Waals surface area contributed by atoms with Gasteiger partial charge in [0.05, 0.1) is 0 Å². The van der Waals surface area contributed by atoms with Crippen molar-refractivity contribution in [2.75, 3.05) is 13.3 Å². The van der Waals surface area contributed by atoms with Crippen LogP contribution in [-0.4, -0.2) is 13.3 Å². The van der Waals surface area contributed by atoms with Crippen LogP contribution in [0.5, 0.6) is 11.5 Å². The molecule has 68 valence electrons. The molecule has 2 N–H and O–H groups in total. The Bertz CT molecular complexity index is 334. The van der Waals surface area contributed by atoms with Crippen molar-refractivity contribution >= 4 is 6.08 Å². The van der Waals surface area contributed by atoms with Crippen molar-refractivity contribution in [2.24, 2.45) is 5.73 Å². The molecule has 0 saturated heterocycles. The van der Waals surface area contributed by atoms with E-state index < -0.39 is 0 Å². The quantitative estimate of drug-likeness (QED) is 0.742. The third kappa shape index (κ3) is 1.51. The van der Waals surface area contributed by atoms with Crippen LogP contribution in [0.2, 0.25) is 0 Å². The van der Waals surface area contributed by atoms with E-state index in [1.807, 2.05) is 30.4 Å². The smallest absolute Gasteiger partial charge is 0.231 e. The number of benzene rings is 1. The number of rotatable bonds is 2. The van der Waals surface area contributed by atoms with Gasteiger partial charge in [0.25, 0.3) is 0 Å². The minimum absolute atomic E-state index is 0.308. The van der Waals surface area contributed by atoms with Crippen LogP contribution in [0.3, 0.4) is 0 Å². The number of para-hydroxylation sites is 1. The van der Waals surface area contributed by atoms with Crippen LogP contribution in [0.1, 0.15) is 5.56 Å². The fraction of sp³-hybridized carbons (Fsp3) is 0.200. The minimum Gasteiger partial charge on any atom is -0.454 e. The molecule has 0 saturated carbocycles. The topological polar surface area (TPSA) is 44.5 Å². The first-order valence-corrected chi connectivity index (χ1v) is 4.17. The van der Waals surface area contributed by atoms with Crippen LogP contribution < -0.4 is 15.2 Å². The molecule has 3 heteroatoms. The van der Waals surface area contributed by atoms with Gasteiger partial charge in [0.2, 0.25) is 6.79 Å². The van der Waals surface area contributed by atoms with Crippen molar-refractivity contribution in [1.29, 1.82) is 0 Å². The van der Waals surface area contributed by atoms with Crippen LogP contribution in [0.25, 0.3) is 6.08 Å². The average Bonchev–Trinajstić information content (AvgIpc) is 2.62. The maximum absolute atomic E-state index is 5.36. The molecule has 0 fully saturated rings. The first kappa shape index (κ1) is 8.13. The van der Waals surface area contributed by atoms with Crippen molar-refractivity contribution in [3.63, 3.8) is 0 Å². The van der Waals surface area contributed by atoms with Crippen molar-refractivity contribution in [1.82, 2.24) is 0 Å². The summed E-state index contributed by atoms with van der Waals surface area (Å²) in [5, 5.41) is 0. The van der Waals surface area contributed by atoms with Gasteiger partial charge < -0.3 is 15.2 Å². The van der Waals surface area contributed by atoms with Crippen molar-refractivity contribution in [3.05, 3.63) is 29.8 Å². The van der Waals surface area contributed by atoms with Gasteiger partial charge in [-0.15, -0.1) is 0 Å². The van der Waals surface area contributed by atoms with Gasteiger partial charge in [0.15, 0.2) is 11.5 Å². The second-order valence-corrected chi connectivity index (χ2v) is 2.72. The molecule has 13 heavy (non-hydrogen) atoms. The molecule has 1 aromatic carbocycles. The van der Waals surface area contributed by atoms with Gasteiger partial charge in [-0.1, -0.05) is 24.3 Å². The Morgan fingerprint density at radius 3 is 3.15 bits per heavy atom. The van der Waals surface area contributed by atoms with Gasteiger partial charge in [0, 0.05) is 12.1 Å². The van der Waals surface area contributed by atoms with Gasteiger partial charge >= 0.3 is 0 Å². The summed E-state index contributed by atoms with van der Waals surface area (Å²) in [6.45, 7) is 0.841. The molecular weight excluding hydrogens is 166 g/mol. The zero-order valence-corrected chi connectivity index (χ0v) is 7.19. The summed E-state index contributed by atoms with van der Waals surface area (Å²) in [4.78, 5) is 0.